The summed E-state index contributed by atoms with van der Waals surface area (Å²) in [6.07, 6.45) is 7.29. The van der Waals surface area contributed by atoms with E-state index in [1.54, 1.807) is 14.2 Å². The molecule has 0 heterocycles. The first-order chi connectivity index (χ1) is 7.24. The third kappa shape index (κ3) is 2.47. The van der Waals surface area contributed by atoms with Crippen molar-refractivity contribution in [3.8, 4) is 0 Å². The van der Waals surface area contributed by atoms with Gasteiger partial charge in [0, 0.05) is 25.6 Å². The minimum absolute atomic E-state index is 0.238. The van der Waals surface area contributed by atoms with Gasteiger partial charge in [-0.05, 0) is 30.6 Å². The van der Waals surface area contributed by atoms with Gasteiger partial charge in [-0.25, -0.2) is 0 Å². The summed E-state index contributed by atoms with van der Waals surface area (Å²) in [5.41, 5.74) is 0. The third-order valence-corrected chi connectivity index (χ3v) is 6.48. The van der Waals surface area contributed by atoms with Crippen molar-refractivity contribution in [2.75, 3.05) is 14.2 Å². The van der Waals surface area contributed by atoms with Gasteiger partial charge in [0.05, 0.1) is 0 Å². The number of allylic oxidation sites excluding steroid dienone is 2. The molecule has 2 nitrogen and oxygen atoms in total. The number of alkyl halides is 1. The van der Waals surface area contributed by atoms with Gasteiger partial charge in [-0.1, -0.05) is 12.2 Å². The molecule has 86 valence electrons. The maximum absolute atomic E-state index is 6.47. The predicted octanol–water partition coefficient (Wildman–Crippen LogP) is 2.32. The van der Waals surface area contributed by atoms with Gasteiger partial charge in [0.2, 0.25) is 0 Å². The summed E-state index contributed by atoms with van der Waals surface area (Å²) in [5.74, 6) is 2.18. The zero-order chi connectivity index (χ0) is 10.8. The van der Waals surface area contributed by atoms with Crippen LogP contribution >= 0.6 is 11.6 Å². The van der Waals surface area contributed by atoms with Crippen molar-refractivity contribution < 1.29 is 8.85 Å². The largest absolute Gasteiger partial charge is 0.400 e. The van der Waals surface area contributed by atoms with Crippen molar-refractivity contribution in [1.29, 1.82) is 0 Å². The lowest BCUT2D eigenvalue weighted by Crippen LogP contribution is -2.28. The van der Waals surface area contributed by atoms with Crippen LogP contribution in [0, 0.1) is 17.8 Å². The first-order valence-electron chi connectivity index (χ1n) is 5.62. The van der Waals surface area contributed by atoms with Crippen LogP contribution in [0.1, 0.15) is 12.8 Å². The second-order valence-corrected chi connectivity index (χ2v) is 7.43. The van der Waals surface area contributed by atoms with Gasteiger partial charge < -0.3 is 8.85 Å². The van der Waals surface area contributed by atoms with Crippen molar-refractivity contribution >= 4 is 20.9 Å². The summed E-state index contributed by atoms with van der Waals surface area (Å²) in [6.45, 7) is 0. The van der Waals surface area contributed by atoms with Gasteiger partial charge in [-0.2, -0.15) is 0 Å². The number of halogens is 1. The fourth-order valence-corrected chi connectivity index (χ4v) is 4.91. The summed E-state index contributed by atoms with van der Waals surface area (Å²) in [4.78, 5) is 0. The molecule has 1 fully saturated rings. The van der Waals surface area contributed by atoms with Gasteiger partial charge in [-0.15, -0.1) is 11.6 Å². The van der Waals surface area contributed by atoms with E-state index in [4.69, 9.17) is 20.5 Å². The number of rotatable bonds is 5. The molecule has 0 aliphatic heterocycles. The van der Waals surface area contributed by atoms with Gasteiger partial charge in [0.15, 0.2) is 0 Å². The zero-order valence-electron chi connectivity index (χ0n) is 9.36. The third-order valence-electron chi connectivity index (χ3n) is 3.74. The lowest BCUT2D eigenvalue weighted by molar-refractivity contribution is 0.272. The second-order valence-electron chi connectivity index (χ2n) is 4.60. The Morgan fingerprint density at radius 1 is 1.33 bits per heavy atom. The monoisotopic (exact) mass is 246 g/mol. The Labute approximate surface area is 98.4 Å². The van der Waals surface area contributed by atoms with E-state index in [1.165, 1.54) is 12.8 Å². The van der Waals surface area contributed by atoms with Crippen LogP contribution in [0.4, 0.5) is 0 Å². The molecule has 0 amide bonds. The Morgan fingerprint density at radius 3 is 2.53 bits per heavy atom. The van der Waals surface area contributed by atoms with E-state index in [1.807, 2.05) is 0 Å². The Balaban J connectivity index is 1.86. The molecule has 2 aliphatic carbocycles. The van der Waals surface area contributed by atoms with E-state index >= 15 is 0 Å². The quantitative estimate of drug-likeness (QED) is 0.421. The van der Waals surface area contributed by atoms with E-state index in [9.17, 15) is 0 Å². The maximum atomic E-state index is 6.47. The molecule has 0 saturated heterocycles. The molecule has 0 spiro atoms. The van der Waals surface area contributed by atoms with Crippen LogP contribution in [-0.4, -0.2) is 28.9 Å². The zero-order valence-corrected chi connectivity index (χ0v) is 11.3. The van der Waals surface area contributed by atoms with E-state index in [2.05, 4.69) is 12.2 Å². The molecule has 4 heteroatoms. The number of fused-ring (bicyclic) bond motifs is 2. The van der Waals surface area contributed by atoms with Crippen LogP contribution in [0.2, 0.25) is 6.04 Å². The molecule has 2 aliphatic rings. The summed E-state index contributed by atoms with van der Waals surface area (Å²) < 4.78 is 10.6. The van der Waals surface area contributed by atoms with Crippen LogP contribution < -0.4 is 0 Å². The highest BCUT2D eigenvalue weighted by atomic mass is 35.5. The van der Waals surface area contributed by atoms with Crippen molar-refractivity contribution in [2.24, 2.45) is 17.8 Å². The van der Waals surface area contributed by atoms with Crippen LogP contribution in [0.15, 0.2) is 12.2 Å². The Kier molecular flexibility index (Phi) is 3.88. The van der Waals surface area contributed by atoms with Crippen molar-refractivity contribution in [1.82, 2.24) is 0 Å². The summed E-state index contributed by atoms with van der Waals surface area (Å²) in [5, 5.41) is 0.238. The van der Waals surface area contributed by atoms with Crippen LogP contribution in [-0.2, 0) is 8.85 Å². The number of hydrogen-bond donors (Lipinski definition) is 0. The molecule has 1 saturated carbocycles. The van der Waals surface area contributed by atoms with Crippen LogP contribution in [0.3, 0.4) is 0 Å². The molecule has 4 atom stereocenters. The maximum Gasteiger partial charge on any atom is 0.322 e. The minimum atomic E-state index is -1.49. The molecule has 2 rings (SSSR count). The van der Waals surface area contributed by atoms with Gasteiger partial charge in [0.1, 0.15) is 0 Å². The molecular weight excluding hydrogens is 228 g/mol. The molecule has 0 aromatic heterocycles. The van der Waals surface area contributed by atoms with Gasteiger partial charge in [0.25, 0.3) is 0 Å². The van der Waals surface area contributed by atoms with Crippen molar-refractivity contribution in [2.45, 2.75) is 24.3 Å². The molecule has 2 bridgehead atoms. The predicted molar refractivity (Wildman–Crippen MR) is 64.5 cm³/mol. The lowest BCUT2D eigenvalue weighted by atomic mass is 9.91. The van der Waals surface area contributed by atoms with E-state index in [0.29, 0.717) is 5.92 Å². The molecular formula is C11H19ClO2Si. The highest BCUT2D eigenvalue weighted by molar-refractivity contribution is 6.46. The normalized spacial score (nSPS) is 35.3. The molecule has 0 N–H and O–H groups in total. The lowest BCUT2D eigenvalue weighted by Gasteiger charge is -2.25. The Hall–Kier alpha value is 0.167. The van der Waals surface area contributed by atoms with Gasteiger partial charge >= 0.3 is 9.28 Å². The van der Waals surface area contributed by atoms with E-state index < -0.39 is 9.28 Å². The average molecular weight is 247 g/mol. The second kappa shape index (κ2) is 5.00. The van der Waals surface area contributed by atoms with Crippen LogP contribution in [0.5, 0.6) is 0 Å². The fourth-order valence-electron chi connectivity index (χ4n) is 2.89. The first-order valence-corrected chi connectivity index (χ1v) is 7.82. The highest BCUT2D eigenvalue weighted by Crippen LogP contribution is 2.47. The molecule has 0 aromatic rings. The summed E-state index contributed by atoms with van der Waals surface area (Å²) in [7, 11) is 1.97. The molecule has 0 radical (unpaired) electrons. The fraction of sp³-hybridized carbons (Fsp3) is 0.818. The summed E-state index contributed by atoms with van der Waals surface area (Å²) >= 11 is 6.47. The van der Waals surface area contributed by atoms with Crippen molar-refractivity contribution in [3.05, 3.63) is 12.2 Å². The van der Waals surface area contributed by atoms with Crippen LogP contribution in [0.25, 0.3) is 0 Å². The topological polar surface area (TPSA) is 18.5 Å². The average Bonchev–Trinajstić information content (AvgIpc) is 2.87. The van der Waals surface area contributed by atoms with E-state index in [-0.39, 0.29) is 5.38 Å². The molecule has 0 aromatic carbocycles. The molecule has 15 heavy (non-hydrogen) atoms. The smallest absolute Gasteiger partial charge is 0.322 e. The van der Waals surface area contributed by atoms with Crippen molar-refractivity contribution in [3.63, 3.8) is 0 Å². The van der Waals surface area contributed by atoms with Gasteiger partial charge in [-0.3, -0.25) is 0 Å². The minimum Gasteiger partial charge on any atom is -0.400 e. The highest BCUT2D eigenvalue weighted by Gasteiger charge is 2.40. The van der Waals surface area contributed by atoms with E-state index in [0.717, 1.165) is 17.9 Å². The molecule has 4 unspecified atom stereocenters. The standard InChI is InChI=1S/C11H19ClO2Si/c1-13-15(14-2)7-11(12)10-6-8-3-4-9(10)5-8/h3-4,8-11,15H,5-7H2,1-2H3. The first kappa shape index (κ1) is 11.6. The number of hydrogen-bond acceptors (Lipinski definition) is 2. The SMILES string of the molecule is CO[SiH](CC(Cl)C1CC2C=CC1C2)OC. The Bertz CT molecular complexity index is 243. The summed E-state index contributed by atoms with van der Waals surface area (Å²) in [6, 6.07) is 0.927. The Morgan fingerprint density at radius 2 is 2.07 bits per heavy atom.